The maximum Gasteiger partial charge on any atom is 0.373 e. The van der Waals surface area contributed by atoms with Gasteiger partial charge in [0.1, 0.15) is 5.76 Å². The van der Waals surface area contributed by atoms with Crippen LogP contribution in [0.3, 0.4) is 0 Å². The molecule has 1 rings (SSSR count). The summed E-state index contributed by atoms with van der Waals surface area (Å²) in [6.45, 7) is 6.88. The molecule has 6 nitrogen and oxygen atoms in total. The number of amides is 1. The second-order valence-electron chi connectivity index (χ2n) is 5.16. The van der Waals surface area contributed by atoms with Crippen molar-refractivity contribution < 1.29 is 18.7 Å². The van der Waals surface area contributed by atoms with Crippen LogP contribution in [0.1, 0.15) is 43.1 Å². The molecule has 0 saturated carbocycles. The smallest absolute Gasteiger partial charge is 0.373 e. The molecule has 1 heterocycles. The summed E-state index contributed by atoms with van der Waals surface area (Å²) in [5, 5.41) is 0. The Morgan fingerprint density at radius 3 is 2.50 bits per heavy atom. The quantitative estimate of drug-likeness (QED) is 0.767. The topological polar surface area (TPSA) is 85.8 Å². The molecule has 0 aromatic carbocycles. The minimum absolute atomic E-state index is 0.146. The standard InChI is InChI=1S/C14H22N2O4/c1-9(2)7-16(8-13(15)17)10(3)11-5-6-12(20-11)14(18)19-4/h5-6,9-10H,7-8H2,1-4H3,(H2,15,17). The Hall–Kier alpha value is -1.82. The van der Waals surface area contributed by atoms with Crippen molar-refractivity contribution in [3.63, 3.8) is 0 Å². The van der Waals surface area contributed by atoms with Crippen molar-refractivity contribution in [3.05, 3.63) is 23.7 Å². The molecule has 0 radical (unpaired) electrons. The lowest BCUT2D eigenvalue weighted by atomic mass is 10.1. The summed E-state index contributed by atoms with van der Waals surface area (Å²) >= 11 is 0. The number of carbonyl (C=O) groups excluding carboxylic acids is 2. The molecule has 1 aromatic heterocycles. The van der Waals surface area contributed by atoms with Crippen molar-refractivity contribution in [1.29, 1.82) is 0 Å². The molecule has 20 heavy (non-hydrogen) atoms. The van der Waals surface area contributed by atoms with Gasteiger partial charge in [0.15, 0.2) is 0 Å². The average molecular weight is 282 g/mol. The van der Waals surface area contributed by atoms with Crippen LogP contribution < -0.4 is 5.73 Å². The summed E-state index contributed by atoms with van der Waals surface area (Å²) < 4.78 is 10.1. The number of carbonyl (C=O) groups is 2. The van der Waals surface area contributed by atoms with Crippen molar-refractivity contribution in [1.82, 2.24) is 4.90 Å². The van der Waals surface area contributed by atoms with Gasteiger partial charge in [0.05, 0.1) is 19.7 Å². The summed E-state index contributed by atoms with van der Waals surface area (Å²) in [5.41, 5.74) is 5.27. The van der Waals surface area contributed by atoms with Crippen LogP contribution in [-0.4, -0.2) is 37.0 Å². The number of nitrogens with two attached hydrogens (primary N) is 1. The van der Waals surface area contributed by atoms with Gasteiger partial charge in [-0.2, -0.15) is 0 Å². The molecular formula is C14H22N2O4. The zero-order chi connectivity index (χ0) is 15.3. The summed E-state index contributed by atoms with van der Waals surface area (Å²) in [5.74, 6) is 0.225. The normalized spacial score (nSPS) is 12.7. The molecule has 0 fully saturated rings. The summed E-state index contributed by atoms with van der Waals surface area (Å²) in [6, 6.07) is 3.13. The Morgan fingerprint density at radius 2 is 2.00 bits per heavy atom. The molecule has 112 valence electrons. The fourth-order valence-electron chi connectivity index (χ4n) is 2.00. The Labute approximate surface area is 118 Å². The van der Waals surface area contributed by atoms with Gasteiger partial charge in [0, 0.05) is 6.54 Å². The van der Waals surface area contributed by atoms with Crippen molar-refractivity contribution in [2.24, 2.45) is 11.7 Å². The first-order valence-electron chi connectivity index (χ1n) is 6.55. The highest BCUT2D eigenvalue weighted by atomic mass is 16.5. The molecule has 6 heteroatoms. The third-order valence-corrected chi connectivity index (χ3v) is 2.93. The predicted octanol–water partition coefficient (Wildman–Crippen LogP) is 1.57. The molecule has 0 spiro atoms. The first kappa shape index (κ1) is 16.2. The van der Waals surface area contributed by atoms with E-state index in [0.29, 0.717) is 18.2 Å². The Morgan fingerprint density at radius 1 is 1.35 bits per heavy atom. The van der Waals surface area contributed by atoms with Gasteiger partial charge in [-0.3, -0.25) is 9.69 Å². The number of hydrogen-bond donors (Lipinski definition) is 1. The number of nitrogens with zero attached hydrogens (tertiary/aromatic N) is 1. The van der Waals surface area contributed by atoms with E-state index < -0.39 is 11.9 Å². The van der Waals surface area contributed by atoms with E-state index in [-0.39, 0.29) is 18.3 Å². The van der Waals surface area contributed by atoms with Crippen molar-refractivity contribution in [2.75, 3.05) is 20.2 Å². The molecule has 0 aliphatic rings. The van der Waals surface area contributed by atoms with Crippen LogP contribution in [0.5, 0.6) is 0 Å². The molecule has 1 aromatic rings. The van der Waals surface area contributed by atoms with Gasteiger partial charge in [-0.25, -0.2) is 4.79 Å². The highest BCUT2D eigenvalue weighted by molar-refractivity contribution is 5.86. The molecule has 0 bridgehead atoms. The number of hydrogen-bond acceptors (Lipinski definition) is 5. The second-order valence-corrected chi connectivity index (χ2v) is 5.16. The molecule has 0 saturated heterocycles. The minimum Gasteiger partial charge on any atom is -0.463 e. The zero-order valence-electron chi connectivity index (χ0n) is 12.4. The van der Waals surface area contributed by atoms with E-state index in [1.54, 1.807) is 12.1 Å². The molecule has 0 aliphatic carbocycles. The number of methoxy groups -OCH3 is 1. The Kier molecular flexibility index (Phi) is 5.76. The van der Waals surface area contributed by atoms with Crippen molar-refractivity contribution in [3.8, 4) is 0 Å². The summed E-state index contributed by atoms with van der Waals surface area (Å²) in [6.07, 6.45) is 0. The number of primary amides is 1. The van der Waals surface area contributed by atoms with E-state index in [0.717, 1.165) is 0 Å². The van der Waals surface area contributed by atoms with E-state index in [9.17, 15) is 9.59 Å². The van der Waals surface area contributed by atoms with Crippen LogP contribution in [0, 0.1) is 5.92 Å². The number of ether oxygens (including phenoxy) is 1. The van der Waals surface area contributed by atoms with Crippen LogP contribution in [0.25, 0.3) is 0 Å². The van der Waals surface area contributed by atoms with E-state index in [1.165, 1.54) is 7.11 Å². The monoisotopic (exact) mass is 282 g/mol. The van der Waals surface area contributed by atoms with E-state index >= 15 is 0 Å². The van der Waals surface area contributed by atoms with E-state index in [2.05, 4.69) is 18.6 Å². The fourth-order valence-corrected chi connectivity index (χ4v) is 2.00. The van der Waals surface area contributed by atoms with Gasteiger partial charge in [-0.05, 0) is 25.0 Å². The van der Waals surface area contributed by atoms with Gasteiger partial charge < -0.3 is 14.9 Å². The lowest BCUT2D eigenvalue weighted by Crippen LogP contribution is -2.37. The first-order valence-corrected chi connectivity index (χ1v) is 6.55. The largest absolute Gasteiger partial charge is 0.463 e. The van der Waals surface area contributed by atoms with Gasteiger partial charge in [0.25, 0.3) is 0 Å². The van der Waals surface area contributed by atoms with Gasteiger partial charge in [-0.15, -0.1) is 0 Å². The van der Waals surface area contributed by atoms with Crippen LogP contribution in [0.15, 0.2) is 16.5 Å². The molecule has 2 N–H and O–H groups in total. The van der Waals surface area contributed by atoms with Gasteiger partial charge in [0.2, 0.25) is 11.7 Å². The van der Waals surface area contributed by atoms with Crippen LogP contribution in [0.4, 0.5) is 0 Å². The van der Waals surface area contributed by atoms with Crippen LogP contribution in [0.2, 0.25) is 0 Å². The Bertz CT molecular complexity index is 467. The third kappa shape index (κ3) is 4.38. The third-order valence-electron chi connectivity index (χ3n) is 2.93. The SMILES string of the molecule is COC(=O)c1ccc(C(C)N(CC(N)=O)CC(C)C)o1. The molecule has 1 atom stereocenters. The minimum atomic E-state index is -0.520. The molecule has 0 aliphatic heterocycles. The predicted molar refractivity (Wildman–Crippen MR) is 74.1 cm³/mol. The highest BCUT2D eigenvalue weighted by Gasteiger charge is 2.22. The van der Waals surface area contributed by atoms with Crippen molar-refractivity contribution >= 4 is 11.9 Å². The number of esters is 1. The summed E-state index contributed by atoms with van der Waals surface area (Å²) in [4.78, 5) is 24.5. The fraction of sp³-hybridized carbons (Fsp3) is 0.571. The lowest BCUT2D eigenvalue weighted by Gasteiger charge is -2.28. The van der Waals surface area contributed by atoms with E-state index in [1.807, 2.05) is 11.8 Å². The van der Waals surface area contributed by atoms with Crippen LogP contribution >= 0.6 is 0 Å². The van der Waals surface area contributed by atoms with Gasteiger partial charge >= 0.3 is 5.97 Å². The molecular weight excluding hydrogens is 260 g/mol. The second kappa shape index (κ2) is 7.09. The number of rotatable bonds is 7. The zero-order valence-corrected chi connectivity index (χ0v) is 12.4. The average Bonchev–Trinajstić information content (AvgIpc) is 2.84. The maximum absolute atomic E-state index is 11.4. The summed E-state index contributed by atoms with van der Waals surface area (Å²) in [7, 11) is 1.30. The van der Waals surface area contributed by atoms with Crippen LogP contribution in [-0.2, 0) is 9.53 Å². The first-order chi connectivity index (χ1) is 9.35. The Balaban J connectivity index is 2.87. The van der Waals surface area contributed by atoms with Gasteiger partial charge in [-0.1, -0.05) is 13.8 Å². The molecule has 1 amide bonds. The maximum atomic E-state index is 11.4. The van der Waals surface area contributed by atoms with E-state index in [4.69, 9.17) is 10.2 Å². The number of furan rings is 1. The lowest BCUT2D eigenvalue weighted by molar-refractivity contribution is -0.119. The van der Waals surface area contributed by atoms with Crippen molar-refractivity contribution in [2.45, 2.75) is 26.8 Å². The highest BCUT2D eigenvalue weighted by Crippen LogP contribution is 2.23. The molecule has 1 unspecified atom stereocenters.